The fourth-order valence-electron chi connectivity index (χ4n) is 1.57. The van der Waals surface area contributed by atoms with Crippen molar-refractivity contribution in [2.45, 2.75) is 13.3 Å². The van der Waals surface area contributed by atoms with Crippen molar-refractivity contribution in [2.75, 3.05) is 26.8 Å². The third-order valence-corrected chi connectivity index (χ3v) is 2.38. The quantitative estimate of drug-likeness (QED) is 0.691. The van der Waals surface area contributed by atoms with Gasteiger partial charge in [0.15, 0.2) is 0 Å². The molecule has 0 heterocycles. The summed E-state index contributed by atoms with van der Waals surface area (Å²) >= 11 is 0. The largest absolute Gasteiger partial charge is 0.384 e. The van der Waals surface area contributed by atoms with E-state index in [-0.39, 0.29) is 0 Å². The standard InChI is InChI=1S/C13H21NO/c1-12(11-15-2)10-14-9-8-13-6-4-3-5-7-13/h3-7,12,14H,8-11H2,1-2H3. The topological polar surface area (TPSA) is 21.3 Å². The van der Waals surface area contributed by atoms with Gasteiger partial charge in [-0.05, 0) is 31.0 Å². The molecule has 0 aliphatic carbocycles. The average Bonchev–Trinajstić information content (AvgIpc) is 2.26. The van der Waals surface area contributed by atoms with E-state index in [2.05, 4.69) is 42.6 Å². The zero-order chi connectivity index (χ0) is 10.9. The molecule has 2 nitrogen and oxygen atoms in total. The van der Waals surface area contributed by atoms with Gasteiger partial charge in [0.1, 0.15) is 0 Å². The van der Waals surface area contributed by atoms with Crippen molar-refractivity contribution in [1.29, 1.82) is 0 Å². The lowest BCUT2D eigenvalue weighted by Crippen LogP contribution is -2.25. The predicted octanol–water partition coefficient (Wildman–Crippen LogP) is 2.10. The molecule has 0 saturated heterocycles. The lowest BCUT2D eigenvalue weighted by molar-refractivity contribution is 0.158. The van der Waals surface area contributed by atoms with E-state index < -0.39 is 0 Å². The Morgan fingerprint density at radius 1 is 1.27 bits per heavy atom. The van der Waals surface area contributed by atoms with Crippen molar-refractivity contribution in [1.82, 2.24) is 5.32 Å². The van der Waals surface area contributed by atoms with E-state index in [4.69, 9.17) is 4.74 Å². The van der Waals surface area contributed by atoms with Crippen LogP contribution in [0.2, 0.25) is 0 Å². The highest BCUT2D eigenvalue weighted by atomic mass is 16.5. The number of nitrogens with one attached hydrogen (secondary N) is 1. The summed E-state index contributed by atoms with van der Waals surface area (Å²) in [5.74, 6) is 0.589. The van der Waals surface area contributed by atoms with Gasteiger partial charge in [-0.1, -0.05) is 37.3 Å². The first-order valence-corrected chi connectivity index (χ1v) is 5.56. The minimum atomic E-state index is 0.589. The van der Waals surface area contributed by atoms with Crippen molar-refractivity contribution in [2.24, 2.45) is 5.92 Å². The van der Waals surface area contributed by atoms with Crippen LogP contribution in [-0.4, -0.2) is 26.8 Å². The van der Waals surface area contributed by atoms with Gasteiger partial charge in [0.05, 0.1) is 0 Å². The third-order valence-electron chi connectivity index (χ3n) is 2.38. The van der Waals surface area contributed by atoms with Gasteiger partial charge >= 0.3 is 0 Å². The molecule has 1 N–H and O–H groups in total. The average molecular weight is 207 g/mol. The van der Waals surface area contributed by atoms with Gasteiger partial charge in [-0.15, -0.1) is 0 Å². The van der Waals surface area contributed by atoms with E-state index in [1.165, 1.54) is 5.56 Å². The Morgan fingerprint density at radius 3 is 2.67 bits per heavy atom. The number of ether oxygens (including phenoxy) is 1. The van der Waals surface area contributed by atoms with Gasteiger partial charge in [0, 0.05) is 13.7 Å². The summed E-state index contributed by atoms with van der Waals surface area (Å²) in [6.07, 6.45) is 1.10. The van der Waals surface area contributed by atoms with Crippen LogP contribution >= 0.6 is 0 Å². The first-order valence-electron chi connectivity index (χ1n) is 5.56. The molecule has 0 radical (unpaired) electrons. The first-order chi connectivity index (χ1) is 7.33. The summed E-state index contributed by atoms with van der Waals surface area (Å²) in [5, 5.41) is 3.44. The van der Waals surface area contributed by atoms with E-state index in [1.54, 1.807) is 7.11 Å². The van der Waals surface area contributed by atoms with Crippen LogP contribution in [-0.2, 0) is 11.2 Å². The highest BCUT2D eigenvalue weighted by molar-refractivity contribution is 5.14. The maximum atomic E-state index is 5.08. The second-order valence-electron chi connectivity index (χ2n) is 4.00. The van der Waals surface area contributed by atoms with Crippen LogP contribution in [0.25, 0.3) is 0 Å². The molecule has 1 aromatic rings. The lowest BCUT2D eigenvalue weighted by Gasteiger charge is -2.11. The zero-order valence-corrected chi connectivity index (χ0v) is 9.70. The molecule has 15 heavy (non-hydrogen) atoms. The summed E-state index contributed by atoms with van der Waals surface area (Å²) in [5.41, 5.74) is 1.39. The van der Waals surface area contributed by atoms with E-state index in [9.17, 15) is 0 Å². The second-order valence-corrected chi connectivity index (χ2v) is 4.00. The zero-order valence-electron chi connectivity index (χ0n) is 9.70. The fraction of sp³-hybridized carbons (Fsp3) is 0.538. The molecule has 0 bridgehead atoms. The molecule has 0 aliphatic rings. The van der Waals surface area contributed by atoms with Gasteiger partial charge in [0.2, 0.25) is 0 Å². The normalized spacial score (nSPS) is 12.7. The second kappa shape index (κ2) is 7.43. The van der Waals surface area contributed by atoms with Gasteiger partial charge < -0.3 is 10.1 Å². The van der Waals surface area contributed by atoms with Crippen molar-refractivity contribution < 1.29 is 4.74 Å². The van der Waals surface area contributed by atoms with Gasteiger partial charge in [-0.25, -0.2) is 0 Å². The maximum absolute atomic E-state index is 5.08. The Labute approximate surface area is 92.6 Å². The molecule has 0 saturated carbocycles. The van der Waals surface area contributed by atoms with Crippen LogP contribution < -0.4 is 5.32 Å². The molecule has 1 atom stereocenters. The molecule has 84 valence electrons. The summed E-state index contributed by atoms with van der Waals surface area (Å²) < 4.78 is 5.08. The van der Waals surface area contributed by atoms with Crippen molar-refractivity contribution >= 4 is 0 Å². The molecular weight excluding hydrogens is 186 g/mol. The number of hydrogen-bond acceptors (Lipinski definition) is 2. The summed E-state index contributed by atoms with van der Waals surface area (Å²) in [6, 6.07) is 10.6. The molecule has 1 aromatic carbocycles. The number of methoxy groups -OCH3 is 1. The number of benzene rings is 1. The van der Waals surface area contributed by atoms with E-state index in [0.29, 0.717) is 5.92 Å². The van der Waals surface area contributed by atoms with Crippen LogP contribution in [0.15, 0.2) is 30.3 Å². The van der Waals surface area contributed by atoms with E-state index in [1.807, 2.05) is 0 Å². The Morgan fingerprint density at radius 2 is 2.00 bits per heavy atom. The highest BCUT2D eigenvalue weighted by Gasteiger charge is 1.99. The molecular formula is C13H21NO. The van der Waals surface area contributed by atoms with Crippen molar-refractivity contribution in [3.63, 3.8) is 0 Å². The van der Waals surface area contributed by atoms with E-state index >= 15 is 0 Å². The minimum Gasteiger partial charge on any atom is -0.384 e. The number of hydrogen-bond donors (Lipinski definition) is 1. The number of rotatable bonds is 7. The van der Waals surface area contributed by atoms with Crippen molar-refractivity contribution in [3.05, 3.63) is 35.9 Å². The molecule has 0 aliphatic heterocycles. The van der Waals surface area contributed by atoms with Gasteiger partial charge in [-0.2, -0.15) is 0 Å². The van der Waals surface area contributed by atoms with Crippen molar-refractivity contribution in [3.8, 4) is 0 Å². The molecule has 0 fully saturated rings. The van der Waals surface area contributed by atoms with Crippen LogP contribution in [0.1, 0.15) is 12.5 Å². The SMILES string of the molecule is COCC(C)CNCCc1ccccc1. The Balaban J connectivity index is 2.07. The molecule has 0 spiro atoms. The lowest BCUT2D eigenvalue weighted by atomic mass is 10.1. The Bertz CT molecular complexity index is 248. The minimum absolute atomic E-state index is 0.589. The third kappa shape index (κ3) is 5.55. The van der Waals surface area contributed by atoms with Crippen LogP contribution in [0.5, 0.6) is 0 Å². The monoisotopic (exact) mass is 207 g/mol. The molecule has 1 unspecified atom stereocenters. The first kappa shape index (κ1) is 12.2. The summed E-state index contributed by atoms with van der Waals surface area (Å²) in [4.78, 5) is 0. The smallest absolute Gasteiger partial charge is 0.0499 e. The summed E-state index contributed by atoms with van der Waals surface area (Å²) in [6.45, 7) is 5.09. The fourth-order valence-corrected chi connectivity index (χ4v) is 1.57. The highest BCUT2D eigenvalue weighted by Crippen LogP contribution is 1.98. The summed E-state index contributed by atoms with van der Waals surface area (Å²) in [7, 11) is 1.75. The van der Waals surface area contributed by atoms with Gasteiger partial charge in [-0.3, -0.25) is 0 Å². The Hall–Kier alpha value is -0.860. The van der Waals surface area contributed by atoms with Gasteiger partial charge in [0.25, 0.3) is 0 Å². The molecule has 0 aromatic heterocycles. The molecule has 2 heteroatoms. The van der Waals surface area contributed by atoms with Crippen LogP contribution in [0.3, 0.4) is 0 Å². The molecule has 0 amide bonds. The Kier molecular flexibility index (Phi) is 6.05. The van der Waals surface area contributed by atoms with E-state index in [0.717, 1.165) is 26.1 Å². The maximum Gasteiger partial charge on any atom is 0.0499 e. The predicted molar refractivity (Wildman–Crippen MR) is 64.1 cm³/mol. The molecule has 1 rings (SSSR count). The van der Waals surface area contributed by atoms with Crippen LogP contribution in [0.4, 0.5) is 0 Å². The van der Waals surface area contributed by atoms with Crippen LogP contribution in [0, 0.1) is 5.92 Å².